The molecule has 0 aliphatic rings. The molecular formula is C21H17N2O+. The van der Waals surface area contributed by atoms with Gasteiger partial charge in [0.15, 0.2) is 6.20 Å². The zero-order valence-electron chi connectivity index (χ0n) is 13.9. The molecule has 3 nitrogen and oxygen atoms in total. The number of rotatable bonds is 1. The first-order valence-corrected chi connectivity index (χ1v) is 7.91. The summed E-state index contributed by atoms with van der Waals surface area (Å²) in [5.41, 5.74) is 6.91. The second kappa shape index (κ2) is 5.21. The van der Waals surface area contributed by atoms with Gasteiger partial charge in [-0.05, 0) is 49.2 Å². The molecule has 2 aromatic carbocycles. The topological polar surface area (TPSA) is 40.8 Å². The highest BCUT2D eigenvalue weighted by atomic mass is 16.3. The number of furan rings is 1. The van der Waals surface area contributed by atoms with Crippen LogP contribution in [0.15, 0.2) is 53.1 Å². The molecule has 0 atom stereocenters. The van der Waals surface area contributed by atoms with Gasteiger partial charge in [-0.25, -0.2) is 4.57 Å². The van der Waals surface area contributed by atoms with E-state index in [9.17, 15) is 5.26 Å². The summed E-state index contributed by atoms with van der Waals surface area (Å²) in [7, 11) is 2.05. The predicted octanol–water partition coefficient (Wildman–Crippen LogP) is 4.57. The third-order valence-corrected chi connectivity index (χ3v) is 4.54. The lowest BCUT2D eigenvalue weighted by Crippen LogP contribution is -2.30. The molecule has 0 radical (unpaired) electrons. The third-order valence-electron chi connectivity index (χ3n) is 4.54. The van der Waals surface area contributed by atoms with Crippen LogP contribution in [0.5, 0.6) is 0 Å². The average Bonchev–Trinajstić information content (AvgIpc) is 2.93. The van der Waals surface area contributed by atoms with Crippen molar-refractivity contribution in [3.8, 4) is 17.3 Å². The normalized spacial score (nSPS) is 11.1. The standard InChI is InChI=1S/C21H17N2O/c1-13-7-8-23(3)18(9-13)16-11-17-20(10-14(16)2)24-19-6-4-5-15(12-22)21(17)19/h4-11H,1-3H3/q+1. The molecule has 24 heavy (non-hydrogen) atoms. The van der Waals surface area contributed by atoms with E-state index in [-0.39, 0.29) is 0 Å². The van der Waals surface area contributed by atoms with Gasteiger partial charge in [0.2, 0.25) is 5.69 Å². The SMILES string of the molecule is Cc1cc[n+](C)c(-c2cc3c(cc2C)oc2cccc(C#N)c23)c1. The van der Waals surface area contributed by atoms with Gasteiger partial charge in [0, 0.05) is 28.5 Å². The van der Waals surface area contributed by atoms with Crippen molar-refractivity contribution in [3.05, 3.63) is 65.4 Å². The summed E-state index contributed by atoms with van der Waals surface area (Å²) in [5.74, 6) is 0. The van der Waals surface area contributed by atoms with Gasteiger partial charge in [-0.1, -0.05) is 6.07 Å². The fourth-order valence-corrected chi connectivity index (χ4v) is 3.29. The summed E-state index contributed by atoms with van der Waals surface area (Å²) in [6.07, 6.45) is 2.07. The monoisotopic (exact) mass is 313 g/mol. The highest BCUT2D eigenvalue weighted by Crippen LogP contribution is 2.35. The maximum Gasteiger partial charge on any atom is 0.212 e. The lowest BCUT2D eigenvalue weighted by atomic mass is 9.99. The molecule has 2 aromatic heterocycles. The lowest BCUT2D eigenvalue weighted by molar-refractivity contribution is -0.660. The summed E-state index contributed by atoms with van der Waals surface area (Å²) in [5, 5.41) is 11.3. The zero-order chi connectivity index (χ0) is 16.8. The highest BCUT2D eigenvalue weighted by molar-refractivity contribution is 6.09. The van der Waals surface area contributed by atoms with Gasteiger partial charge in [-0.3, -0.25) is 0 Å². The summed E-state index contributed by atoms with van der Waals surface area (Å²) in [6, 6.07) is 16.4. The Labute approximate surface area is 140 Å². The van der Waals surface area contributed by atoms with Crippen LogP contribution in [0.3, 0.4) is 0 Å². The van der Waals surface area contributed by atoms with Crippen molar-refractivity contribution in [1.29, 1.82) is 5.26 Å². The van der Waals surface area contributed by atoms with Crippen LogP contribution in [-0.4, -0.2) is 0 Å². The van der Waals surface area contributed by atoms with E-state index in [1.165, 1.54) is 5.56 Å². The Morgan fingerprint density at radius 1 is 1.04 bits per heavy atom. The van der Waals surface area contributed by atoms with E-state index in [0.29, 0.717) is 5.56 Å². The maximum absolute atomic E-state index is 9.44. The lowest BCUT2D eigenvalue weighted by Gasteiger charge is -2.06. The minimum absolute atomic E-state index is 0.648. The summed E-state index contributed by atoms with van der Waals surface area (Å²) in [6.45, 7) is 4.19. The van der Waals surface area contributed by atoms with Crippen LogP contribution < -0.4 is 4.57 Å². The van der Waals surface area contributed by atoms with E-state index in [4.69, 9.17) is 4.42 Å². The second-order valence-corrected chi connectivity index (χ2v) is 6.26. The van der Waals surface area contributed by atoms with E-state index in [1.807, 2.05) is 25.2 Å². The van der Waals surface area contributed by atoms with Gasteiger partial charge >= 0.3 is 0 Å². The molecule has 4 rings (SSSR count). The first kappa shape index (κ1) is 14.5. The quantitative estimate of drug-likeness (QED) is 0.483. The third kappa shape index (κ3) is 2.08. The molecule has 3 heteroatoms. The van der Waals surface area contributed by atoms with Crippen molar-refractivity contribution in [3.63, 3.8) is 0 Å². The molecule has 0 unspecified atom stereocenters. The van der Waals surface area contributed by atoms with Gasteiger partial charge in [0.05, 0.1) is 11.6 Å². The fourth-order valence-electron chi connectivity index (χ4n) is 3.29. The number of nitrogens with zero attached hydrogens (tertiary/aromatic N) is 2. The summed E-state index contributed by atoms with van der Waals surface area (Å²) in [4.78, 5) is 0. The van der Waals surface area contributed by atoms with E-state index in [0.717, 1.165) is 38.8 Å². The van der Waals surface area contributed by atoms with Crippen LogP contribution in [0.1, 0.15) is 16.7 Å². The molecule has 0 saturated heterocycles. The zero-order valence-corrected chi connectivity index (χ0v) is 13.9. The van der Waals surface area contributed by atoms with E-state index < -0.39 is 0 Å². The van der Waals surface area contributed by atoms with Crippen LogP contribution in [0, 0.1) is 25.2 Å². The van der Waals surface area contributed by atoms with Crippen LogP contribution >= 0.6 is 0 Å². The molecule has 0 amide bonds. The first-order chi connectivity index (χ1) is 11.6. The minimum Gasteiger partial charge on any atom is -0.456 e. The number of aromatic nitrogens is 1. The Morgan fingerprint density at radius 3 is 2.67 bits per heavy atom. The number of hydrogen-bond acceptors (Lipinski definition) is 2. The Bertz CT molecular complexity index is 1150. The second-order valence-electron chi connectivity index (χ2n) is 6.26. The Balaban J connectivity index is 2.11. The van der Waals surface area contributed by atoms with Crippen molar-refractivity contribution in [2.75, 3.05) is 0 Å². The predicted molar refractivity (Wildman–Crippen MR) is 94.5 cm³/mol. The molecule has 0 aliphatic carbocycles. The number of nitriles is 1. The van der Waals surface area contributed by atoms with Gasteiger partial charge in [-0.15, -0.1) is 0 Å². The van der Waals surface area contributed by atoms with Crippen LogP contribution in [0.2, 0.25) is 0 Å². The van der Waals surface area contributed by atoms with Gasteiger partial charge in [0.1, 0.15) is 18.2 Å². The number of fused-ring (bicyclic) bond motifs is 3. The molecule has 0 N–H and O–H groups in total. The van der Waals surface area contributed by atoms with Crippen molar-refractivity contribution in [1.82, 2.24) is 0 Å². The molecule has 2 heterocycles. The van der Waals surface area contributed by atoms with Gasteiger partial charge in [-0.2, -0.15) is 5.26 Å². The van der Waals surface area contributed by atoms with Crippen LogP contribution in [0.25, 0.3) is 33.2 Å². The van der Waals surface area contributed by atoms with E-state index in [1.54, 1.807) is 0 Å². The smallest absolute Gasteiger partial charge is 0.212 e. The number of aryl methyl sites for hydroxylation is 3. The van der Waals surface area contributed by atoms with Gasteiger partial charge in [0.25, 0.3) is 0 Å². The van der Waals surface area contributed by atoms with E-state index >= 15 is 0 Å². The van der Waals surface area contributed by atoms with Gasteiger partial charge < -0.3 is 4.42 Å². The number of pyridine rings is 1. The molecular weight excluding hydrogens is 296 g/mol. The van der Waals surface area contributed by atoms with Crippen molar-refractivity contribution in [2.45, 2.75) is 13.8 Å². The minimum atomic E-state index is 0.648. The number of benzene rings is 2. The Kier molecular flexibility index (Phi) is 3.14. The largest absolute Gasteiger partial charge is 0.456 e. The maximum atomic E-state index is 9.44. The van der Waals surface area contributed by atoms with Crippen molar-refractivity contribution < 1.29 is 8.98 Å². The summed E-state index contributed by atoms with van der Waals surface area (Å²) >= 11 is 0. The average molecular weight is 313 g/mol. The molecule has 0 spiro atoms. The molecule has 116 valence electrons. The Morgan fingerprint density at radius 2 is 1.88 bits per heavy atom. The molecule has 4 aromatic rings. The molecule has 0 bridgehead atoms. The van der Waals surface area contributed by atoms with Crippen LogP contribution in [-0.2, 0) is 7.05 Å². The number of hydrogen-bond donors (Lipinski definition) is 0. The van der Waals surface area contributed by atoms with Crippen LogP contribution in [0.4, 0.5) is 0 Å². The van der Waals surface area contributed by atoms with Crippen molar-refractivity contribution >= 4 is 21.9 Å². The van der Waals surface area contributed by atoms with Crippen molar-refractivity contribution in [2.24, 2.45) is 7.05 Å². The Hall–Kier alpha value is -3.12. The fraction of sp³-hybridized carbons (Fsp3) is 0.143. The first-order valence-electron chi connectivity index (χ1n) is 7.91. The molecule has 0 fully saturated rings. The molecule has 0 aliphatic heterocycles. The summed E-state index contributed by atoms with van der Waals surface area (Å²) < 4.78 is 8.08. The molecule has 0 saturated carbocycles. The highest BCUT2D eigenvalue weighted by Gasteiger charge is 2.17. The van der Waals surface area contributed by atoms with E-state index in [2.05, 4.69) is 54.9 Å².